The van der Waals surface area contributed by atoms with Crippen LogP contribution in [0, 0.1) is 13.8 Å². The van der Waals surface area contributed by atoms with E-state index in [0.29, 0.717) is 6.42 Å². The number of aryl methyl sites for hydroxylation is 2. The molecule has 2 aliphatic rings. The van der Waals surface area contributed by atoms with Gasteiger partial charge in [0, 0.05) is 17.6 Å². The van der Waals surface area contributed by atoms with E-state index in [1.54, 1.807) is 0 Å². The van der Waals surface area contributed by atoms with E-state index in [-0.39, 0.29) is 23.9 Å². The van der Waals surface area contributed by atoms with Gasteiger partial charge in [0.25, 0.3) is 0 Å². The van der Waals surface area contributed by atoms with Gasteiger partial charge in [0.2, 0.25) is 5.91 Å². The second kappa shape index (κ2) is 6.37. The van der Waals surface area contributed by atoms with Crippen molar-refractivity contribution in [1.82, 2.24) is 4.90 Å². The number of rotatable bonds is 3. The highest BCUT2D eigenvalue weighted by atomic mass is 35.5. The van der Waals surface area contributed by atoms with Gasteiger partial charge in [0.1, 0.15) is 0 Å². The number of hydrogen-bond donors (Lipinski definition) is 1. The highest BCUT2D eigenvalue weighted by molar-refractivity contribution is 5.91. The first kappa shape index (κ1) is 16.3. The van der Waals surface area contributed by atoms with Crippen molar-refractivity contribution in [2.45, 2.75) is 51.5 Å². The molecule has 4 heteroatoms. The molecule has 21 heavy (non-hydrogen) atoms. The molecule has 0 bridgehead atoms. The number of nitrogens with one attached hydrogen (secondary N) is 1. The smallest absolute Gasteiger partial charge is 0.226 e. The Morgan fingerprint density at radius 1 is 1.14 bits per heavy atom. The number of halogens is 1. The van der Waals surface area contributed by atoms with Crippen LogP contribution in [0.5, 0.6) is 0 Å². The summed E-state index contributed by atoms with van der Waals surface area (Å²) in [5.74, 6) is 0.170. The highest BCUT2D eigenvalue weighted by Gasteiger charge is 2.45. The Hall–Kier alpha value is -1.06. The lowest BCUT2D eigenvalue weighted by Gasteiger charge is -2.31. The molecule has 116 valence electrons. The lowest BCUT2D eigenvalue weighted by atomic mass is 9.90. The molecule has 0 spiro atoms. The van der Waals surface area contributed by atoms with Crippen LogP contribution >= 0.6 is 12.4 Å². The van der Waals surface area contributed by atoms with Crippen LogP contribution in [0.3, 0.4) is 0 Å². The van der Waals surface area contributed by atoms with Gasteiger partial charge in [0.05, 0.1) is 0 Å². The Labute approximate surface area is 133 Å². The normalized spacial score (nSPS) is 19.9. The quantitative estimate of drug-likeness (QED) is 0.924. The zero-order valence-corrected chi connectivity index (χ0v) is 13.8. The summed E-state index contributed by atoms with van der Waals surface area (Å²) in [7, 11) is 0. The summed E-state index contributed by atoms with van der Waals surface area (Å²) in [4.78, 5) is 14.9. The number of benzene rings is 1. The molecule has 0 atom stereocenters. The zero-order valence-electron chi connectivity index (χ0n) is 12.9. The van der Waals surface area contributed by atoms with E-state index in [9.17, 15) is 4.79 Å². The number of carbonyl (C=O) groups is 1. The van der Waals surface area contributed by atoms with Crippen molar-refractivity contribution < 1.29 is 4.79 Å². The third kappa shape index (κ3) is 3.41. The monoisotopic (exact) mass is 308 g/mol. The summed E-state index contributed by atoms with van der Waals surface area (Å²) < 4.78 is 0. The van der Waals surface area contributed by atoms with Gasteiger partial charge in [-0.15, -0.1) is 12.4 Å². The number of carbonyl (C=O) groups excluding carboxylic acids is 1. The van der Waals surface area contributed by atoms with Gasteiger partial charge in [-0.1, -0.05) is 6.07 Å². The average molecular weight is 309 g/mol. The summed E-state index contributed by atoms with van der Waals surface area (Å²) in [5, 5.41) is 3.09. The van der Waals surface area contributed by atoms with Gasteiger partial charge in [-0.25, -0.2) is 0 Å². The fourth-order valence-corrected chi connectivity index (χ4v) is 4.06. The summed E-state index contributed by atoms with van der Waals surface area (Å²) in [5.41, 5.74) is 3.50. The van der Waals surface area contributed by atoms with Crippen LogP contribution < -0.4 is 5.32 Å². The van der Waals surface area contributed by atoms with Crippen LogP contribution in [-0.4, -0.2) is 29.4 Å². The molecule has 2 saturated heterocycles. The van der Waals surface area contributed by atoms with Crippen molar-refractivity contribution in [2.75, 3.05) is 18.4 Å². The van der Waals surface area contributed by atoms with Gasteiger partial charge in [0.15, 0.2) is 0 Å². The van der Waals surface area contributed by atoms with Crippen molar-refractivity contribution in [3.05, 3.63) is 29.3 Å². The fraction of sp³-hybridized carbons (Fsp3) is 0.588. The molecular formula is C17H25ClN2O. The van der Waals surface area contributed by atoms with Gasteiger partial charge >= 0.3 is 0 Å². The van der Waals surface area contributed by atoms with Crippen LogP contribution in [0.15, 0.2) is 18.2 Å². The molecule has 1 aromatic rings. The molecule has 1 aromatic carbocycles. The van der Waals surface area contributed by atoms with E-state index in [4.69, 9.17) is 0 Å². The molecule has 3 nitrogen and oxygen atoms in total. The van der Waals surface area contributed by atoms with Crippen molar-refractivity contribution >= 4 is 24.0 Å². The summed E-state index contributed by atoms with van der Waals surface area (Å²) in [6.07, 6.45) is 5.52. The van der Waals surface area contributed by atoms with Gasteiger partial charge in [-0.3, -0.25) is 9.69 Å². The molecule has 0 aliphatic carbocycles. The lowest BCUT2D eigenvalue weighted by molar-refractivity contribution is -0.118. The highest BCUT2D eigenvalue weighted by Crippen LogP contribution is 2.41. The van der Waals surface area contributed by atoms with E-state index in [2.05, 4.69) is 30.1 Å². The topological polar surface area (TPSA) is 32.3 Å². The predicted octanol–water partition coefficient (Wildman–Crippen LogP) is 3.68. The number of amides is 1. The first-order chi connectivity index (χ1) is 9.57. The van der Waals surface area contributed by atoms with Crippen LogP contribution in [0.1, 0.15) is 43.2 Å². The zero-order chi connectivity index (χ0) is 14.2. The molecular weight excluding hydrogens is 284 g/mol. The predicted molar refractivity (Wildman–Crippen MR) is 89.2 cm³/mol. The average Bonchev–Trinajstić information content (AvgIpc) is 2.85. The molecule has 1 N–H and O–H groups in total. The van der Waals surface area contributed by atoms with E-state index < -0.39 is 0 Å². The van der Waals surface area contributed by atoms with Crippen molar-refractivity contribution in [3.63, 3.8) is 0 Å². The van der Waals surface area contributed by atoms with E-state index in [1.807, 2.05) is 12.1 Å². The maximum absolute atomic E-state index is 12.4. The molecule has 3 rings (SSSR count). The minimum Gasteiger partial charge on any atom is -0.326 e. The van der Waals surface area contributed by atoms with E-state index in [1.165, 1.54) is 49.9 Å². The second-order valence-electron chi connectivity index (χ2n) is 6.52. The SMILES string of the molecule is Cc1cc(C)cc(NC(=O)CC23CCCN2CCC3)c1.Cl. The molecule has 1 amide bonds. The summed E-state index contributed by atoms with van der Waals surface area (Å²) >= 11 is 0. The molecule has 2 heterocycles. The number of nitrogens with zero attached hydrogens (tertiary/aromatic N) is 1. The molecule has 0 unspecified atom stereocenters. The third-order valence-corrected chi connectivity index (χ3v) is 4.81. The van der Waals surface area contributed by atoms with Crippen molar-refractivity contribution in [2.24, 2.45) is 0 Å². The van der Waals surface area contributed by atoms with E-state index in [0.717, 1.165) is 5.69 Å². The van der Waals surface area contributed by atoms with Crippen LogP contribution in [-0.2, 0) is 4.79 Å². The van der Waals surface area contributed by atoms with Crippen LogP contribution in [0.4, 0.5) is 5.69 Å². The van der Waals surface area contributed by atoms with Crippen LogP contribution in [0.25, 0.3) is 0 Å². The minimum atomic E-state index is 0. The molecule has 2 fully saturated rings. The van der Waals surface area contributed by atoms with Gasteiger partial charge < -0.3 is 5.32 Å². The number of hydrogen-bond acceptors (Lipinski definition) is 2. The Kier molecular flexibility index (Phi) is 4.95. The van der Waals surface area contributed by atoms with Crippen LogP contribution in [0.2, 0.25) is 0 Å². The standard InChI is InChI=1S/C17H24N2O.ClH/c1-13-9-14(2)11-15(10-13)18-16(20)12-17-5-3-7-19(17)8-4-6-17;/h9-11H,3-8,12H2,1-2H3,(H,18,20);1H. The number of fused-ring (bicyclic) bond motifs is 1. The maximum atomic E-state index is 12.4. The van der Waals surface area contributed by atoms with E-state index >= 15 is 0 Å². The Morgan fingerprint density at radius 2 is 1.71 bits per heavy atom. The molecule has 0 aromatic heterocycles. The Bertz CT molecular complexity index is 499. The molecule has 0 saturated carbocycles. The lowest BCUT2D eigenvalue weighted by Crippen LogP contribution is -2.41. The first-order valence-electron chi connectivity index (χ1n) is 7.71. The molecule has 2 aliphatic heterocycles. The third-order valence-electron chi connectivity index (χ3n) is 4.81. The fourth-order valence-electron chi connectivity index (χ4n) is 4.06. The van der Waals surface area contributed by atoms with Gasteiger partial charge in [-0.05, 0) is 75.9 Å². The van der Waals surface area contributed by atoms with Gasteiger partial charge in [-0.2, -0.15) is 0 Å². The minimum absolute atomic E-state index is 0. The Balaban J connectivity index is 0.00000161. The number of anilines is 1. The summed E-state index contributed by atoms with van der Waals surface area (Å²) in [6.45, 7) is 6.49. The van der Waals surface area contributed by atoms with Crippen molar-refractivity contribution in [3.8, 4) is 0 Å². The second-order valence-corrected chi connectivity index (χ2v) is 6.52. The maximum Gasteiger partial charge on any atom is 0.226 e. The largest absolute Gasteiger partial charge is 0.326 e. The first-order valence-corrected chi connectivity index (χ1v) is 7.71. The molecule has 0 radical (unpaired) electrons. The summed E-state index contributed by atoms with van der Waals surface area (Å²) in [6, 6.07) is 6.22. The van der Waals surface area contributed by atoms with Crippen molar-refractivity contribution in [1.29, 1.82) is 0 Å². The Morgan fingerprint density at radius 3 is 2.29 bits per heavy atom.